The van der Waals surface area contributed by atoms with Gasteiger partial charge in [-0.2, -0.15) is 0 Å². The van der Waals surface area contributed by atoms with Crippen molar-refractivity contribution >= 4 is 23.4 Å². The fourth-order valence-electron chi connectivity index (χ4n) is 5.38. The molecule has 0 radical (unpaired) electrons. The first-order valence-corrected chi connectivity index (χ1v) is 16.0. The molecule has 3 aromatic rings. The zero-order valence-corrected chi connectivity index (χ0v) is 26.5. The van der Waals surface area contributed by atoms with Gasteiger partial charge in [0.2, 0.25) is 0 Å². The Labute approximate surface area is 255 Å². The van der Waals surface area contributed by atoms with Crippen molar-refractivity contribution in [3.05, 3.63) is 76.9 Å². The largest absolute Gasteiger partial charge is 0.493 e. The number of benzene rings is 3. The van der Waals surface area contributed by atoms with E-state index in [1.54, 1.807) is 21.3 Å². The van der Waals surface area contributed by atoms with Crippen molar-refractivity contribution in [2.75, 3.05) is 46.9 Å². The Morgan fingerprint density at radius 3 is 2.22 bits per heavy atom. The Morgan fingerprint density at radius 2 is 1.51 bits per heavy atom. The van der Waals surface area contributed by atoms with E-state index in [1.165, 1.54) is 52.8 Å². The Balaban J connectivity index is 1.30. The molecular formula is C34H44ClNO4S. The molecule has 3 aromatic carbocycles. The summed E-state index contributed by atoms with van der Waals surface area (Å²) < 4.78 is 22.5. The van der Waals surface area contributed by atoms with Crippen LogP contribution in [0.5, 0.6) is 23.0 Å². The lowest BCUT2D eigenvalue weighted by Gasteiger charge is -2.29. The molecule has 1 unspecified atom stereocenters. The predicted molar refractivity (Wildman–Crippen MR) is 171 cm³/mol. The highest BCUT2D eigenvalue weighted by molar-refractivity contribution is 7.99. The van der Waals surface area contributed by atoms with E-state index in [9.17, 15) is 0 Å². The molecule has 4 rings (SSSR count). The van der Waals surface area contributed by atoms with Gasteiger partial charge in [-0.15, -0.1) is 23.4 Å². The Bertz CT molecular complexity index is 1240. The number of fused-ring (bicyclic) bond motifs is 1. The van der Waals surface area contributed by atoms with Crippen LogP contribution in [0.3, 0.4) is 0 Å². The predicted octanol–water partition coefficient (Wildman–Crippen LogP) is 8.48. The topological polar surface area (TPSA) is 40.2 Å². The summed E-state index contributed by atoms with van der Waals surface area (Å²) in [6, 6.07) is 19.5. The third kappa shape index (κ3) is 8.97. The highest BCUT2D eigenvalue weighted by Gasteiger charge is 2.20. The fraction of sp³-hybridized carbons (Fsp3) is 0.471. The van der Waals surface area contributed by atoms with E-state index >= 15 is 0 Å². The maximum absolute atomic E-state index is 5.91. The quantitative estimate of drug-likeness (QED) is 0.0937. The number of thioether (sulfide) groups is 1. The second-order valence-electron chi connectivity index (χ2n) is 10.6. The maximum atomic E-state index is 5.91. The molecule has 1 aliphatic rings. The van der Waals surface area contributed by atoms with Gasteiger partial charge in [0.1, 0.15) is 6.61 Å². The van der Waals surface area contributed by atoms with Crippen molar-refractivity contribution in [2.45, 2.75) is 62.1 Å². The molecule has 0 aliphatic carbocycles. The van der Waals surface area contributed by atoms with E-state index in [-0.39, 0.29) is 0 Å². The minimum absolute atomic E-state index is 0.340. The van der Waals surface area contributed by atoms with Crippen molar-refractivity contribution in [3.63, 3.8) is 0 Å². The van der Waals surface area contributed by atoms with Crippen molar-refractivity contribution in [1.29, 1.82) is 0 Å². The molecule has 0 fully saturated rings. The van der Waals surface area contributed by atoms with E-state index in [0.717, 1.165) is 55.5 Å². The molecule has 1 aliphatic heterocycles. The minimum atomic E-state index is 0.340. The third-order valence-corrected chi connectivity index (χ3v) is 9.17. The van der Waals surface area contributed by atoms with Crippen LogP contribution in [0.25, 0.3) is 0 Å². The lowest BCUT2D eigenvalue weighted by atomic mass is 9.98. The first-order chi connectivity index (χ1) is 20.0. The summed E-state index contributed by atoms with van der Waals surface area (Å²) in [5.74, 6) is 3.60. The van der Waals surface area contributed by atoms with Crippen LogP contribution < -0.4 is 18.9 Å². The van der Waals surface area contributed by atoms with E-state index in [4.69, 9.17) is 30.5 Å². The van der Waals surface area contributed by atoms with E-state index in [2.05, 4.69) is 60.4 Å². The van der Waals surface area contributed by atoms with Crippen LogP contribution in [0.2, 0.25) is 0 Å². The number of rotatable bonds is 16. The van der Waals surface area contributed by atoms with Crippen LogP contribution in [0.1, 0.15) is 59.6 Å². The number of hydrogen-bond acceptors (Lipinski definition) is 6. The maximum Gasteiger partial charge on any atom is 0.161 e. The molecule has 222 valence electrons. The third-order valence-electron chi connectivity index (χ3n) is 7.68. The summed E-state index contributed by atoms with van der Waals surface area (Å²) in [4.78, 5) is 3.86. The van der Waals surface area contributed by atoms with Gasteiger partial charge in [0.15, 0.2) is 23.0 Å². The molecule has 7 heteroatoms. The molecule has 1 atom stereocenters. The summed E-state index contributed by atoms with van der Waals surface area (Å²) >= 11 is 7.82. The molecule has 0 amide bonds. The standard InChI is InChI=1S/C34H44ClNO4S/c1-25-10-13-29(14-11-25)41-34(27-12-15-30(37-2)33(22-27)40-20-17-35)9-7-5-6-8-18-36-19-16-26-21-31(38-3)32(39-4)23-28(26)24-36/h10-15,21-23,34H,5-9,16-20,24H2,1-4H3. The number of methoxy groups -OCH3 is 3. The van der Waals surface area contributed by atoms with E-state index in [1.807, 2.05) is 17.8 Å². The van der Waals surface area contributed by atoms with Crippen LogP contribution in [0.15, 0.2) is 59.5 Å². The number of alkyl halides is 1. The van der Waals surface area contributed by atoms with Crippen LogP contribution in [-0.2, 0) is 13.0 Å². The van der Waals surface area contributed by atoms with Gasteiger partial charge >= 0.3 is 0 Å². The highest BCUT2D eigenvalue weighted by Crippen LogP contribution is 2.42. The summed E-state index contributed by atoms with van der Waals surface area (Å²) in [5, 5.41) is 0.340. The number of unbranched alkanes of at least 4 members (excludes halogenated alkanes) is 3. The van der Waals surface area contributed by atoms with Gasteiger partial charge in [0.25, 0.3) is 0 Å². The average molecular weight is 598 g/mol. The van der Waals surface area contributed by atoms with E-state index in [0.29, 0.717) is 17.7 Å². The summed E-state index contributed by atoms with van der Waals surface area (Å²) in [6.07, 6.45) is 7.05. The van der Waals surface area contributed by atoms with E-state index < -0.39 is 0 Å². The van der Waals surface area contributed by atoms with Gasteiger partial charge in [0.05, 0.1) is 27.2 Å². The molecule has 0 bridgehead atoms. The van der Waals surface area contributed by atoms with Crippen LogP contribution in [-0.4, -0.2) is 51.8 Å². The Kier molecular flexibility index (Phi) is 12.4. The van der Waals surface area contributed by atoms with Crippen molar-refractivity contribution < 1.29 is 18.9 Å². The van der Waals surface area contributed by atoms with Crippen molar-refractivity contribution in [1.82, 2.24) is 4.90 Å². The Hall–Kier alpha value is -2.54. The second-order valence-corrected chi connectivity index (χ2v) is 12.2. The van der Waals surface area contributed by atoms with Gasteiger partial charge in [-0.25, -0.2) is 0 Å². The van der Waals surface area contributed by atoms with Gasteiger partial charge in [-0.1, -0.05) is 43.0 Å². The van der Waals surface area contributed by atoms with Crippen LogP contribution in [0.4, 0.5) is 0 Å². The number of hydrogen-bond donors (Lipinski definition) is 0. The second kappa shape index (κ2) is 16.2. The monoisotopic (exact) mass is 597 g/mol. The SMILES string of the molecule is COc1cc2c(cc1OC)CN(CCCCCCC(Sc1ccc(C)cc1)c1ccc(OC)c(OCCCl)c1)CC2. The molecule has 0 saturated heterocycles. The summed E-state index contributed by atoms with van der Waals surface area (Å²) in [6.45, 7) is 5.81. The molecule has 1 heterocycles. The number of aryl methyl sites for hydroxylation is 1. The molecule has 0 spiro atoms. The van der Waals surface area contributed by atoms with Gasteiger partial charge in [0, 0.05) is 23.2 Å². The van der Waals surface area contributed by atoms with Crippen LogP contribution >= 0.6 is 23.4 Å². The number of halogens is 1. The fourth-order valence-corrected chi connectivity index (χ4v) is 6.65. The molecule has 5 nitrogen and oxygen atoms in total. The normalized spacial score (nSPS) is 13.9. The van der Waals surface area contributed by atoms with Crippen molar-refractivity contribution in [3.8, 4) is 23.0 Å². The molecular weight excluding hydrogens is 554 g/mol. The van der Waals surface area contributed by atoms with Crippen molar-refractivity contribution in [2.24, 2.45) is 0 Å². The van der Waals surface area contributed by atoms with Crippen LogP contribution in [0, 0.1) is 6.92 Å². The molecule has 0 saturated carbocycles. The average Bonchev–Trinajstić information content (AvgIpc) is 3.01. The smallest absolute Gasteiger partial charge is 0.161 e. The lowest BCUT2D eigenvalue weighted by molar-refractivity contribution is 0.246. The zero-order valence-electron chi connectivity index (χ0n) is 24.9. The van der Waals surface area contributed by atoms with Gasteiger partial charge in [-0.05, 0) is 85.8 Å². The van der Waals surface area contributed by atoms with Gasteiger partial charge < -0.3 is 18.9 Å². The zero-order chi connectivity index (χ0) is 29.0. The number of ether oxygens (including phenoxy) is 4. The Morgan fingerprint density at radius 1 is 0.805 bits per heavy atom. The number of nitrogens with zero attached hydrogens (tertiary/aromatic N) is 1. The lowest BCUT2D eigenvalue weighted by Crippen LogP contribution is -2.31. The first-order valence-electron chi connectivity index (χ1n) is 14.6. The molecule has 0 aromatic heterocycles. The molecule has 41 heavy (non-hydrogen) atoms. The summed E-state index contributed by atoms with van der Waals surface area (Å²) in [5.41, 5.74) is 5.28. The highest BCUT2D eigenvalue weighted by atomic mass is 35.5. The first kappa shape index (κ1) is 31.4. The summed E-state index contributed by atoms with van der Waals surface area (Å²) in [7, 11) is 5.09. The molecule has 0 N–H and O–H groups in total. The van der Waals surface area contributed by atoms with Gasteiger partial charge in [-0.3, -0.25) is 4.90 Å². The minimum Gasteiger partial charge on any atom is -0.493 e.